The summed E-state index contributed by atoms with van der Waals surface area (Å²) in [5.41, 5.74) is 11.8. The number of nitrogens with two attached hydrogens (primary N) is 2. The topological polar surface area (TPSA) is 52.0 Å². The molecule has 0 atom stereocenters. The highest BCUT2D eigenvalue weighted by Gasteiger charge is 2.35. The minimum Gasteiger partial charge on any atom is -0.395 e. The van der Waals surface area contributed by atoms with Gasteiger partial charge in [0.1, 0.15) is 5.82 Å². The Bertz CT molecular complexity index is 351. The standard InChI is InChI=1S/C10H12ClFN2/c11-7-4-6(5-8(12)9(7)13)10(14)2-1-3-10/h4-5H,1-3,13-14H2. The van der Waals surface area contributed by atoms with Crippen LogP contribution in [-0.2, 0) is 5.54 Å². The molecule has 0 bridgehead atoms. The van der Waals surface area contributed by atoms with Crippen molar-refractivity contribution in [2.45, 2.75) is 24.8 Å². The van der Waals surface area contributed by atoms with E-state index in [-0.39, 0.29) is 10.7 Å². The van der Waals surface area contributed by atoms with Crippen LogP contribution in [0.5, 0.6) is 0 Å². The zero-order valence-corrected chi connectivity index (χ0v) is 8.44. The van der Waals surface area contributed by atoms with Crippen LogP contribution < -0.4 is 11.5 Å². The molecule has 2 rings (SSSR count). The van der Waals surface area contributed by atoms with Crippen LogP contribution in [0.3, 0.4) is 0 Å². The predicted molar refractivity (Wildman–Crippen MR) is 55.5 cm³/mol. The molecule has 0 spiro atoms. The van der Waals surface area contributed by atoms with Gasteiger partial charge in [-0.05, 0) is 37.0 Å². The van der Waals surface area contributed by atoms with Gasteiger partial charge in [-0.15, -0.1) is 0 Å². The molecule has 14 heavy (non-hydrogen) atoms. The zero-order chi connectivity index (χ0) is 10.3. The highest BCUT2D eigenvalue weighted by molar-refractivity contribution is 6.33. The van der Waals surface area contributed by atoms with Gasteiger partial charge in [-0.2, -0.15) is 0 Å². The molecule has 0 heterocycles. The van der Waals surface area contributed by atoms with Crippen LogP contribution in [-0.4, -0.2) is 0 Å². The van der Waals surface area contributed by atoms with Gasteiger partial charge in [-0.3, -0.25) is 0 Å². The maximum atomic E-state index is 13.3. The van der Waals surface area contributed by atoms with E-state index in [1.54, 1.807) is 6.07 Å². The average Bonchev–Trinajstić information content (AvgIpc) is 2.09. The first-order chi connectivity index (χ1) is 6.53. The van der Waals surface area contributed by atoms with E-state index in [4.69, 9.17) is 23.1 Å². The summed E-state index contributed by atoms with van der Waals surface area (Å²) in [5, 5.41) is 0.247. The van der Waals surface area contributed by atoms with Gasteiger partial charge < -0.3 is 11.5 Å². The average molecular weight is 215 g/mol. The number of rotatable bonds is 1. The Morgan fingerprint density at radius 2 is 2.00 bits per heavy atom. The molecule has 0 unspecified atom stereocenters. The first kappa shape index (κ1) is 9.74. The summed E-state index contributed by atoms with van der Waals surface area (Å²) in [4.78, 5) is 0. The van der Waals surface area contributed by atoms with E-state index in [2.05, 4.69) is 0 Å². The molecule has 4 heteroatoms. The van der Waals surface area contributed by atoms with E-state index >= 15 is 0 Å². The third kappa shape index (κ3) is 1.37. The summed E-state index contributed by atoms with van der Waals surface area (Å²) >= 11 is 5.79. The monoisotopic (exact) mass is 214 g/mol. The van der Waals surface area contributed by atoms with Crippen molar-refractivity contribution in [3.8, 4) is 0 Å². The van der Waals surface area contributed by atoms with Crippen molar-refractivity contribution in [3.63, 3.8) is 0 Å². The Kier molecular flexibility index (Phi) is 2.16. The van der Waals surface area contributed by atoms with Gasteiger partial charge in [-0.1, -0.05) is 11.6 Å². The molecule has 1 saturated carbocycles. The predicted octanol–water partition coefficient (Wildman–Crippen LogP) is 2.40. The van der Waals surface area contributed by atoms with Crippen molar-refractivity contribution in [1.29, 1.82) is 0 Å². The second kappa shape index (κ2) is 3.11. The third-order valence-corrected chi connectivity index (χ3v) is 3.21. The van der Waals surface area contributed by atoms with Gasteiger partial charge in [0, 0.05) is 5.54 Å². The van der Waals surface area contributed by atoms with E-state index in [9.17, 15) is 4.39 Å². The molecule has 0 aliphatic heterocycles. The molecular formula is C10H12ClFN2. The number of benzene rings is 1. The Hall–Kier alpha value is -0.800. The van der Waals surface area contributed by atoms with Crippen molar-refractivity contribution in [1.82, 2.24) is 0 Å². The lowest BCUT2D eigenvalue weighted by Crippen LogP contribution is -2.43. The molecule has 1 fully saturated rings. The summed E-state index contributed by atoms with van der Waals surface area (Å²) in [6.07, 6.45) is 2.85. The van der Waals surface area contributed by atoms with Crippen molar-refractivity contribution in [2.24, 2.45) is 5.73 Å². The minimum absolute atomic E-state index is 0.00154. The Labute approximate surface area is 87.0 Å². The van der Waals surface area contributed by atoms with Gasteiger partial charge in [0.25, 0.3) is 0 Å². The van der Waals surface area contributed by atoms with Crippen molar-refractivity contribution in [3.05, 3.63) is 28.5 Å². The van der Waals surface area contributed by atoms with E-state index in [0.29, 0.717) is 0 Å². The summed E-state index contributed by atoms with van der Waals surface area (Å²) in [6, 6.07) is 3.06. The summed E-state index contributed by atoms with van der Waals surface area (Å²) in [5.74, 6) is -0.482. The zero-order valence-electron chi connectivity index (χ0n) is 7.69. The number of nitrogen functional groups attached to an aromatic ring is 1. The van der Waals surface area contributed by atoms with Gasteiger partial charge in [0.05, 0.1) is 10.7 Å². The van der Waals surface area contributed by atoms with Crippen LogP contribution in [0.25, 0.3) is 0 Å². The van der Waals surface area contributed by atoms with Gasteiger partial charge >= 0.3 is 0 Å². The molecule has 4 N–H and O–H groups in total. The van der Waals surface area contributed by atoms with Crippen LogP contribution in [0.1, 0.15) is 24.8 Å². The quantitative estimate of drug-likeness (QED) is 0.706. The lowest BCUT2D eigenvalue weighted by atomic mass is 9.73. The number of anilines is 1. The molecule has 76 valence electrons. The highest BCUT2D eigenvalue weighted by atomic mass is 35.5. The lowest BCUT2D eigenvalue weighted by Gasteiger charge is -2.38. The Morgan fingerprint density at radius 1 is 1.36 bits per heavy atom. The number of hydrogen-bond donors (Lipinski definition) is 2. The summed E-state index contributed by atoms with van der Waals surface area (Å²) in [7, 11) is 0. The number of halogens is 2. The van der Waals surface area contributed by atoms with Crippen LogP contribution in [0.15, 0.2) is 12.1 Å². The molecule has 2 nitrogen and oxygen atoms in total. The molecule has 0 amide bonds. The molecule has 0 saturated heterocycles. The van der Waals surface area contributed by atoms with Crippen molar-refractivity contribution in [2.75, 3.05) is 5.73 Å². The molecular weight excluding hydrogens is 203 g/mol. The normalized spacial score (nSPS) is 19.1. The van der Waals surface area contributed by atoms with Crippen molar-refractivity contribution >= 4 is 17.3 Å². The minimum atomic E-state index is -0.482. The second-order valence-electron chi connectivity index (χ2n) is 3.86. The van der Waals surface area contributed by atoms with E-state index < -0.39 is 11.4 Å². The third-order valence-electron chi connectivity index (χ3n) is 2.90. The smallest absolute Gasteiger partial charge is 0.147 e. The summed E-state index contributed by atoms with van der Waals surface area (Å²) < 4.78 is 13.3. The molecule has 0 aromatic heterocycles. The van der Waals surface area contributed by atoms with E-state index in [1.165, 1.54) is 6.07 Å². The molecule has 1 aliphatic carbocycles. The lowest BCUT2D eigenvalue weighted by molar-refractivity contribution is 0.253. The van der Waals surface area contributed by atoms with E-state index in [0.717, 1.165) is 24.8 Å². The van der Waals surface area contributed by atoms with Crippen LogP contribution in [0.4, 0.5) is 10.1 Å². The second-order valence-corrected chi connectivity index (χ2v) is 4.27. The van der Waals surface area contributed by atoms with Crippen molar-refractivity contribution < 1.29 is 4.39 Å². The first-order valence-corrected chi connectivity index (χ1v) is 4.95. The van der Waals surface area contributed by atoms with Gasteiger partial charge in [0.15, 0.2) is 0 Å². The van der Waals surface area contributed by atoms with E-state index in [1.807, 2.05) is 0 Å². The molecule has 0 radical (unpaired) electrons. The van der Waals surface area contributed by atoms with Gasteiger partial charge in [-0.25, -0.2) is 4.39 Å². The first-order valence-electron chi connectivity index (χ1n) is 4.57. The fourth-order valence-electron chi connectivity index (χ4n) is 1.72. The highest BCUT2D eigenvalue weighted by Crippen LogP contribution is 2.40. The number of hydrogen-bond acceptors (Lipinski definition) is 2. The van der Waals surface area contributed by atoms with Gasteiger partial charge in [0.2, 0.25) is 0 Å². The Balaban J connectivity index is 2.45. The summed E-state index contributed by atoms with van der Waals surface area (Å²) in [6.45, 7) is 0. The maximum Gasteiger partial charge on any atom is 0.147 e. The Morgan fingerprint density at radius 3 is 2.43 bits per heavy atom. The largest absolute Gasteiger partial charge is 0.395 e. The molecule has 1 aromatic rings. The SMILES string of the molecule is Nc1c(F)cc(C2(N)CCC2)cc1Cl. The molecule has 1 aliphatic rings. The van der Waals surface area contributed by atoms with Crippen LogP contribution in [0.2, 0.25) is 5.02 Å². The fourth-order valence-corrected chi connectivity index (χ4v) is 1.93. The van der Waals surface area contributed by atoms with Crippen LogP contribution >= 0.6 is 11.6 Å². The van der Waals surface area contributed by atoms with Crippen LogP contribution in [0, 0.1) is 5.82 Å². The molecule has 1 aromatic carbocycles. The fraction of sp³-hybridized carbons (Fsp3) is 0.400. The maximum absolute atomic E-state index is 13.3.